The first-order chi connectivity index (χ1) is 18.9. The number of likely N-dealkylation sites (N-methyl/N-ethyl adjacent to an activating group) is 2. The molecule has 40 heavy (non-hydrogen) atoms. The van der Waals surface area contributed by atoms with Crippen LogP contribution in [0.4, 0.5) is 14.9 Å². The summed E-state index contributed by atoms with van der Waals surface area (Å²) < 4.78 is 20.3. The number of anilines is 1. The number of hydrazine groups is 1. The van der Waals surface area contributed by atoms with Crippen LogP contribution in [0.3, 0.4) is 0 Å². The highest BCUT2D eigenvalue weighted by Gasteiger charge is 2.27. The molecule has 0 aliphatic carbocycles. The second kappa shape index (κ2) is 13.4. The molecule has 2 aromatic carbocycles. The largest absolute Gasteiger partial charge is 0.444 e. The van der Waals surface area contributed by atoms with E-state index >= 15 is 0 Å². The summed E-state index contributed by atoms with van der Waals surface area (Å²) in [6.07, 6.45) is -0.551. The van der Waals surface area contributed by atoms with E-state index in [9.17, 15) is 24.0 Å². The molecular weight excluding hydrogens is 515 g/mol. The third-order valence-corrected chi connectivity index (χ3v) is 6.46. The lowest BCUT2D eigenvalue weighted by molar-refractivity contribution is -0.145. The smallest absolute Gasteiger partial charge is 0.410 e. The van der Waals surface area contributed by atoms with Crippen molar-refractivity contribution in [3.05, 3.63) is 65.0 Å². The molecule has 0 bridgehead atoms. The van der Waals surface area contributed by atoms with Crippen molar-refractivity contribution in [1.29, 1.82) is 5.26 Å². The predicted molar refractivity (Wildman–Crippen MR) is 148 cm³/mol. The maximum Gasteiger partial charge on any atom is 0.410 e. The SMILES string of the molecule is CCN(CCN(C(=O)CNCC(=O)N(C)N1Cc2ccccc2C1)c1cc(C#N)ccc1F)C(=O)OC(C)(C)C. The molecular formula is C29H37FN6O4. The summed E-state index contributed by atoms with van der Waals surface area (Å²) in [6.45, 7) is 8.25. The van der Waals surface area contributed by atoms with E-state index in [4.69, 9.17) is 4.74 Å². The van der Waals surface area contributed by atoms with Crippen LogP contribution in [0.5, 0.6) is 0 Å². The Morgan fingerprint density at radius 1 is 1.05 bits per heavy atom. The van der Waals surface area contributed by atoms with E-state index in [0.717, 1.165) is 17.2 Å². The minimum absolute atomic E-state index is 0.0424. The van der Waals surface area contributed by atoms with Gasteiger partial charge in [0.1, 0.15) is 11.4 Å². The zero-order valence-electron chi connectivity index (χ0n) is 23.7. The second-order valence-corrected chi connectivity index (χ2v) is 10.5. The van der Waals surface area contributed by atoms with Crippen LogP contribution in [0.2, 0.25) is 0 Å². The zero-order chi connectivity index (χ0) is 29.4. The summed E-state index contributed by atoms with van der Waals surface area (Å²) in [5.41, 5.74) is 1.73. The van der Waals surface area contributed by atoms with Crippen molar-refractivity contribution >= 4 is 23.6 Å². The molecule has 214 valence electrons. The number of halogens is 1. The maximum atomic E-state index is 14.9. The number of hydrogen-bond acceptors (Lipinski definition) is 7. The lowest BCUT2D eigenvalue weighted by Crippen LogP contribution is -2.48. The molecule has 0 fully saturated rings. The van der Waals surface area contributed by atoms with Crippen LogP contribution >= 0.6 is 0 Å². The Balaban J connectivity index is 1.65. The quantitative estimate of drug-likeness (QED) is 0.482. The van der Waals surface area contributed by atoms with Gasteiger partial charge in [0.05, 0.1) is 30.4 Å². The van der Waals surface area contributed by atoms with Crippen LogP contribution in [0.1, 0.15) is 44.4 Å². The first kappa shape index (κ1) is 30.5. The van der Waals surface area contributed by atoms with Crippen molar-refractivity contribution < 1.29 is 23.5 Å². The number of hydrogen-bond donors (Lipinski definition) is 1. The third-order valence-electron chi connectivity index (χ3n) is 6.46. The standard InChI is InChI=1S/C29H37FN6O4/c1-6-34(28(39)40-29(2,3)4)13-14-36(25-15-21(16-31)11-12-24(25)30)27(38)18-32-17-26(37)33(5)35-19-22-9-7-8-10-23(22)20-35/h7-12,15,32H,6,13-14,17-20H2,1-5H3. The van der Waals surface area contributed by atoms with E-state index in [2.05, 4.69) is 5.32 Å². The number of fused-ring (bicyclic) bond motifs is 1. The van der Waals surface area contributed by atoms with Crippen molar-refractivity contribution in [2.24, 2.45) is 0 Å². The van der Waals surface area contributed by atoms with E-state index in [1.165, 1.54) is 26.9 Å². The van der Waals surface area contributed by atoms with Gasteiger partial charge in [0.15, 0.2) is 0 Å². The fraction of sp³-hybridized carbons (Fsp3) is 0.448. The van der Waals surface area contributed by atoms with Crippen LogP contribution < -0.4 is 10.2 Å². The first-order valence-corrected chi connectivity index (χ1v) is 13.2. The third kappa shape index (κ3) is 8.00. The molecule has 0 saturated carbocycles. The van der Waals surface area contributed by atoms with Crippen molar-refractivity contribution in [2.75, 3.05) is 44.7 Å². The molecule has 11 heteroatoms. The van der Waals surface area contributed by atoms with E-state index in [1.54, 1.807) is 34.7 Å². The molecule has 0 aromatic heterocycles. The molecule has 10 nitrogen and oxygen atoms in total. The van der Waals surface area contributed by atoms with Crippen molar-refractivity contribution in [2.45, 2.75) is 46.4 Å². The summed E-state index contributed by atoms with van der Waals surface area (Å²) >= 11 is 0. The summed E-state index contributed by atoms with van der Waals surface area (Å²) in [4.78, 5) is 41.3. The Kier molecular flexibility index (Phi) is 10.2. The molecule has 1 N–H and O–H groups in total. The van der Waals surface area contributed by atoms with Gasteiger partial charge in [0, 0.05) is 39.8 Å². The summed E-state index contributed by atoms with van der Waals surface area (Å²) in [5.74, 6) is -1.43. The lowest BCUT2D eigenvalue weighted by Gasteiger charge is -2.30. The highest BCUT2D eigenvalue weighted by atomic mass is 19.1. The molecule has 0 unspecified atom stereocenters. The summed E-state index contributed by atoms with van der Waals surface area (Å²) in [6, 6.07) is 13.7. The van der Waals surface area contributed by atoms with Gasteiger partial charge < -0.3 is 14.5 Å². The second-order valence-electron chi connectivity index (χ2n) is 10.5. The number of benzene rings is 2. The van der Waals surface area contributed by atoms with Gasteiger partial charge >= 0.3 is 6.09 Å². The number of rotatable bonds is 10. The van der Waals surface area contributed by atoms with Crippen molar-refractivity contribution in [3.63, 3.8) is 0 Å². The average Bonchev–Trinajstić information content (AvgIpc) is 3.34. The van der Waals surface area contributed by atoms with Crippen LogP contribution in [0.15, 0.2) is 42.5 Å². The number of carbonyl (C=O) groups is 3. The van der Waals surface area contributed by atoms with E-state index < -0.39 is 23.4 Å². The molecule has 2 aromatic rings. The maximum absolute atomic E-state index is 14.9. The molecule has 1 heterocycles. The highest BCUT2D eigenvalue weighted by molar-refractivity contribution is 5.95. The number of nitrogens with zero attached hydrogens (tertiary/aromatic N) is 5. The Morgan fingerprint density at radius 3 is 2.25 bits per heavy atom. The van der Waals surface area contributed by atoms with Gasteiger partial charge in [-0.2, -0.15) is 5.26 Å². The van der Waals surface area contributed by atoms with Gasteiger partial charge in [0.25, 0.3) is 5.91 Å². The summed E-state index contributed by atoms with van der Waals surface area (Å²) in [5, 5.41) is 15.6. The fourth-order valence-electron chi connectivity index (χ4n) is 4.27. The molecule has 0 atom stereocenters. The van der Waals surface area contributed by atoms with E-state index in [0.29, 0.717) is 19.6 Å². The topological polar surface area (TPSA) is 109 Å². The number of ether oxygens (including phenoxy) is 1. The number of amides is 3. The van der Waals surface area contributed by atoms with Crippen molar-refractivity contribution in [1.82, 2.24) is 20.2 Å². The van der Waals surface area contributed by atoms with E-state index in [-0.39, 0.29) is 43.3 Å². The number of carbonyl (C=O) groups excluding carboxylic acids is 3. The minimum Gasteiger partial charge on any atom is -0.444 e. The van der Waals surface area contributed by atoms with Crippen LogP contribution in [-0.4, -0.2) is 78.2 Å². The molecule has 0 saturated heterocycles. The molecule has 3 amide bonds. The van der Waals surface area contributed by atoms with Gasteiger partial charge in [-0.3, -0.25) is 19.9 Å². The lowest BCUT2D eigenvalue weighted by atomic mass is 10.1. The molecule has 1 aliphatic rings. The Labute approximate surface area is 234 Å². The molecule has 0 radical (unpaired) electrons. The first-order valence-electron chi connectivity index (χ1n) is 13.2. The van der Waals surface area contributed by atoms with Gasteiger partial charge in [-0.05, 0) is 57.0 Å². The summed E-state index contributed by atoms with van der Waals surface area (Å²) in [7, 11) is 1.68. The van der Waals surface area contributed by atoms with Crippen LogP contribution in [-0.2, 0) is 27.4 Å². The Bertz CT molecular complexity index is 1250. The van der Waals surface area contributed by atoms with Crippen LogP contribution in [0.25, 0.3) is 0 Å². The molecule has 0 spiro atoms. The van der Waals surface area contributed by atoms with Gasteiger partial charge in [-0.1, -0.05) is 24.3 Å². The normalized spacial score (nSPS) is 12.8. The van der Waals surface area contributed by atoms with Gasteiger partial charge in [0.2, 0.25) is 5.91 Å². The monoisotopic (exact) mass is 552 g/mol. The van der Waals surface area contributed by atoms with Crippen molar-refractivity contribution in [3.8, 4) is 6.07 Å². The molecule has 3 rings (SSSR count). The van der Waals surface area contributed by atoms with E-state index in [1.807, 2.05) is 35.3 Å². The fourth-order valence-corrected chi connectivity index (χ4v) is 4.27. The minimum atomic E-state index is -0.700. The number of nitrogens with one attached hydrogen (secondary N) is 1. The Hall–Kier alpha value is -4.01. The van der Waals surface area contributed by atoms with Gasteiger partial charge in [-0.25, -0.2) is 14.2 Å². The zero-order valence-corrected chi connectivity index (χ0v) is 23.7. The average molecular weight is 553 g/mol. The number of nitriles is 1. The van der Waals surface area contributed by atoms with Gasteiger partial charge in [-0.15, -0.1) is 0 Å². The van der Waals surface area contributed by atoms with Crippen LogP contribution in [0, 0.1) is 17.1 Å². The molecule has 1 aliphatic heterocycles. The Morgan fingerprint density at radius 2 is 1.68 bits per heavy atom. The highest BCUT2D eigenvalue weighted by Crippen LogP contribution is 2.23. The predicted octanol–water partition coefficient (Wildman–Crippen LogP) is 3.27.